The van der Waals surface area contributed by atoms with Gasteiger partial charge >= 0.3 is 0 Å². The highest BCUT2D eigenvalue weighted by molar-refractivity contribution is 5.64. The molecule has 0 amide bonds. The third kappa shape index (κ3) is 15.4. The highest BCUT2D eigenvalue weighted by Gasteiger charge is 2.33. The van der Waals surface area contributed by atoms with Crippen LogP contribution in [0.1, 0.15) is 225 Å². The maximum absolute atomic E-state index is 13.5. The number of hydrogen-bond acceptors (Lipinski definition) is 0. The van der Waals surface area contributed by atoms with Crippen LogP contribution >= 0.6 is 0 Å². The molecule has 64 heavy (non-hydrogen) atoms. The van der Waals surface area contributed by atoms with E-state index < -0.39 is 17.5 Å². The highest BCUT2D eigenvalue weighted by atomic mass is 19.2. The molecule has 6 saturated carbocycles. The molecule has 0 N–H and O–H groups in total. The lowest BCUT2D eigenvalue weighted by molar-refractivity contribution is 0.151. The van der Waals surface area contributed by atoms with E-state index in [0.717, 1.165) is 77.2 Å². The molecule has 0 unspecified atom stereocenters. The first-order chi connectivity index (χ1) is 31.2. The molecule has 2 aromatic carbocycles. The number of rotatable bonds is 13. The summed E-state index contributed by atoms with van der Waals surface area (Å²) in [6, 6.07) is 10.1. The van der Waals surface area contributed by atoms with Gasteiger partial charge < -0.3 is 0 Å². The van der Waals surface area contributed by atoms with Gasteiger partial charge in [0.2, 0.25) is 0 Å². The standard InChI is InChI=1S/C25H29F3.C19H34.C17H30/c1-16-2-4-17(5-3-16)18-6-8-19(9-7-18)20-10-12-21(13-11-20)22-14-23(26)25(28)24(27)15-22;1-3-5-6-7-17-10-14-19(15-11-17)18-12-8-16(4-2)9-13-18;1-3-5-15-8-12-17(13-9-15)16-10-6-14(4-2)7-11-16/h10-19H,2-9H2,1H3;4,16-19H,2-3,5-15H2,1H3;4,14-17H,2-3,5-13H2,1H3. The van der Waals surface area contributed by atoms with E-state index in [1.165, 1.54) is 185 Å². The van der Waals surface area contributed by atoms with Crippen LogP contribution in [0.5, 0.6) is 0 Å². The molecular weight excluding hydrogens is 790 g/mol. The Kier molecular flexibility index (Phi) is 21.5. The van der Waals surface area contributed by atoms with E-state index in [1.54, 1.807) is 12.8 Å². The van der Waals surface area contributed by atoms with Crippen LogP contribution < -0.4 is 0 Å². The Bertz CT molecular complexity index is 1570. The Morgan fingerprint density at radius 3 is 1.25 bits per heavy atom. The summed E-state index contributed by atoms with van der Waals surface area (Å²) >= 11 is 0. The number of unbranched alkanes of at least 4 members (excludes halogenated alkanes) is 2. The highest BCUT2D eigenvalue weighted by Crippen LogP contribution is 2.46. The molecule has 0 aliphatic heterocycles. The van der Waals surface area contributed by atoms with Gasteiger partial charge in [-0.25, -0.2) is 13.2 Å². The zero-order valence-electron chi connectivity index (χ0n) is 41.3. The fourth-order valence-electron chi connectivity index (χ4n) is 14.0. The molecule has 6 fully saturated rings. The Labute approximate surface area is 391 Å². The third-order valence-electron chi connectivity index (χ3n) is 18.5. The summed E-state index contributed by atoms with van der Waals surface area (Å²) in [5, 5.41) is 0. The first-order valence-corrected chi connectivity index (χ1v) is 27.7. The third-order valence-corrected chi connectivity index (χ3v) is 18.5. The van der Waals surface area contributed by atoms with Crippen molar-refractivity contribution in [1.29, 1.82) is 0 Å². The Hall–Kier alpha value is -2.29. The van der Waals surface area contributed by atoms with E-state index in [0.29, 0.717) is 17.0 Å². The van der Waals surface area contributed by atoms with Crippen molar-refractivity contribution in [3.05, 3.63) is 84.7 Å². The van der Waals surface area contributed by atoms with Crippen LogP contribution in [0.15, 0.2) is 61.7 Å². The van der Waals surface area contributed by atoms with Crippen molar-refractivity contribution in [3.63, 3.8) is 0 Å². The Balaban J connectivity index is 0.000000166. The van der Waals surface area contributed by atoms with E-state index in [2.05, 4.69) is 58.2 Å². The summed E-state index contributed by atoms with van der Waals surface area (Å²) in [6.07, 6.45) is 47.7. The molecule has 0 spiro atoms. The molecule has 0 saturated heterocycles. The summed E-state index contributed by atoms with van der Waals surface area (Å²) in [5.41, 5.74) is 2.40. The average molecular weight is 883 g/mol. The van der Waals surface area contributed by atoms with Gasteiger partial charge in [-0.3, -0.25) is 0 Å². The van der Waals surface area contributed by atoms with Crippen molar-refractivity contribution in [1.82, 2.24) is 0 Å². The van der Waals surface area contributed by atoms with Crippen molar-refractivity contribution in [2.75, 3.05) is 0 Å². The molecule has 0 nitrogen and oxygen atoms in total. The Morgan fingerprint density at radius 1 is 0.453 bits per heavy atom. The van der Waals surface area contributed by atoms with Crippen molar-refractivity contribution >= 4 is 0 Å². The molecule has 2 aromatic rings. The van der Waals surface area contributed by atoms with Gasteiger partial charge in [-0.05, 0) is 215 Å². The van der Waals surface area contributed by atoms with Crippen LogP contribution in [-0.2, 0) is 0 Å². The number of allylic oxidation sites excluding steroid dienone is 2. The molecule has 0 bridgehead atoms. The second-order valence-electron chi connectivity index (χ2n) is 22.7. The summed E-state index contributed by atoms with van der Waals surface area (Å²) in [7, 11) is 0. The topological polar surface area (TPSA) is 0 Å². The smallest absolute Gasteiger partial charge is 0.194 e. The van der Waals surface area contributed by atoms with Crippen LogP contribution in [0, 0.1) is 82.5 Å². The summed E-state index contributed by atoms with van der Waals surface area (Å²) in [6.45, 7) is 15.0. The van der Waals surface area contributed by atoms with Crippen LogP contribution in [-0.4, -0.2) is 0 Å². The SMILES string of the molecule is C=CC1CCC(C2CCC(CCC)CC2)CC1.C=CC1CCC(C2CCC(CCCCC)CC2)CC1.CC1CCC(C2CCC(c3ccc(-c4cc(F)c(F)c(F)c4)cc3)CC2)CC1. The second-order valence-corrected chi connectivity index (χ2v) is 22.7. The summed E-state index contributed by atoms with van der Waals surface area (Å²) in [5.74, 6) is 7.72. The molecule has 6 aliphatic rings. The molecular formula is C61H93F3. The minimum Gasteiger partial charge on any atom is -0.204 e. The van der Waals surface area contributed by atoms with Gasteiger partial charge in [0.15, 0.2) is 17.5 Å². The zero-order chi connectivity index (χ0) is 45.3. The van der Waals surface area contributed by atoms with Gasteiger partial charge in [-0.1, -0.05) is 134 Å². The largest absolute Gasteiger partial charge is 0.204 e. The van der Waals surface area contributed by atoms with Gasteiger partial charge in [0.05, 0.1) is 0 Å². The zero-order valence-corrected chi connectivity index (χ0v) is 41.3. The first-order valence-electron chi connectivity index (χ1n) is 27.7. The first kappa shape index (κ1) is 51.1. The maximum atomic E-state index is 13.5. The number of benzene rings is 2. The molecule has 0 heterocycles. The van der Waals surface area contributed by atoms with Crippen LogP contribution in [0.4, 0.5) is 13.2 Å². The summed E-state index contributed by atoms with van der Waals surface area (Å²) < 4.78 is 40.2. The fraction of sp³-hybridized carbons (Fsp3) is 0.738. The van der Waals surface area contributed by atoms with Gasteiger partial charge in [-0.2, -0.15) is 0 Å². The van der Waals surface area contributed by atoms with Gasteiger partial charge in [0, 0.05) is 0 Å². The molecule has 358 valence electrons. The Morgan fingerprint density at radius 2 is 0.844 bits per heavy atom. The summed E-state index contributed by atoms with van der Waals surface area (Å²) in [4.78, 5) is 0. The fourth-order valence-corrected chi connectivity index (χ4v) is 14.0. The van der Waals surface area contributed by atoms with Crippen molar-refractivity contribution < 1.29 is 13.2 Å². The molecule has 6 aliphatic carbocycles. The predicted octanol–water partition coefficient (Wildman–Crippen LogP) is 19.8. The van der Waals surface area contributed by atoms with Crippen LogP contribution in [0.2, 0.25) is 0 Å². The molecule has 0 radical (unpaired) electrons. The minimum atomic E-state index is -1.41. The number of halogens is 3. The van der Waals surface area contributed by atoms with Gasteiger partial charge in [-0.15, -0.1) is 13.2 Å². The maximum Gasteiger partial charge on any atom is 0.194 e. The predicted molar refractivity (Wildman–Crippen MR) is 269 cm³/mol. The van der Waals surface area contributed by atoms with Crippen molar-refractivity contribution in [3.8, 4) is 11.1 Å². The van der Waals surface area contributed by atoms with Gasteiger partial charge in [0.25, 0.3) is 0 Å². The van der Waals surface area contributed by atoms with E-state index >= 15 is 0 Å². The lowest BCUT2D eigenvalue weighted by Gasteiger charge is -2.37. The lowest BCUT2D eigenvalue weighted by Crippen LogP contribution is -2.25. The normalized spacial score (nSPS) is 33.4. The quantitative estimate of drug-likeness (QED) is 0.107. The second kappa shape index (κ2) is 26.9. The van der Waals surface area contributed by atoms with E-state index in [4.69, 9.17) is 0 Å². The van der Waals surface area contributed by atoms with E-state index in [9.17, 15) is 13.2 Å². The average Bonchev–Trinajstić information content (AvgIpc) is 3.34. The number of hydrogen-bond donors (Lipinski definition) is 0. The molecule has 3 heteroatoms. The molecule has 8 rings (SSSR count). The minimum absolute atomic E-state index is 0.373. The van der Waals surface area contributed by atoms with Crippen molar-refractivity contribution in [2.45, 2.75) is 219 Å². The molecule has 0 aromatic heterocycles. The van der Waals surface area contributed by atoms with E-state index in [-0.39, 0.29) is 0 Å². The van der Waals surface area contributed by atoms with Gasteiger partial charge in [0.1, 0.15) is 0 Å². The van der Waals surface area contributed by atoms with Crippen LogP contribution in [0.25, 0.3) is 11.1 Å². The van der Waals surface area contributed by atoms with E-state index in [1.807, 2.05) is 12.1 Å². The molecule has 0 atom stereocenters. The lowest BCUT2D eigenvalue weighted by atomic mass is 9.68. The monoisotopic (exact) mass is 883 g/mol. The van der Waals surface area contributed by atoms with Crippen molar-refractivity contribution in [2.24, 2.45) is 65.1 Å². The van der Waals surface area contributed by atoms with Crippen LogP contribution in [0.3, 0.4) is 0 Å².